The number of benzene rings is 2. The molecule has 3 aromatic rings. The fraction of sp³-hybridized carbons (Fsp3) is 0.269. The molecule has 1 saturated heterocycles. The Hall–Kier alpha value is -3.85. The van der Waals surface area contributed by atoms with Crippen LogP contribution in [0.15, 0.2) is 54.6 Å². The number of rotatable bonds is 7. The molecule has 2 aromatic carbocycles. The number of anilines is 3. The number of aromatic nitrogens is 1. The Kier molecular flexibility index (Phi) is 6.79. The zero-order valence-electron chi connectivity index (χ0n) is 19.4. The number of halogens is 2. The van der Waals surface area contributed by atoms with Crippen molar-refractivity contribution in [3.05, 3.63) is 71.4 Å². The molecular formula is C26H26F2N4O3. The van der Waals surface area contributed by atoms with E-state index in [2.05, 4.69) is 15.2 Å². The summed E-state index contributed by atoms with van der Waals surface area (Å²) < 4.78 is 33.1. The Bertz CT molecular complexity index is 1250. The number of alkyl halides is 2. The van der Waals surface area contributed by atoms with E-state index in [9.17, 15) is 18.7 Å². The number of carbonyl (C=O) groups is 1. The first-order valence-corrected chi connectivity index (χ1v) is 11.2. The molecule has 2 heterocycles. The highest BCUT2D eigenvalue weighted by molar-refractivity contribution is 6.08. The zero-order valence-corrected chi connectivity index (χ0v) is 19.4. The first-order chi connectivity index (χ1) is 16.6. The van der Waals surface area contributed by atoms with Gasteiger partial charge in [0.1, 0.15) is 5.82 Å². The van der Waals surface area contributed by atoms with Crippen LogP contribution in [0, 0.1) is 5.41 Å². The molecule has 1 aliphatic rings. The van der Waals surface area contributed by atoms with Gasteiger partial charge in [0.05, 0.1) is 13.2 Å². The highest BCUT2D eigenvalue weighted by Gasteiger charge is 2.25. The Morgan fingerprint density at radius 3 is 2.43 bits per heavy atom. The van der Waals surface area contributed by atoms with E-state index in [0.29, 0.717) is 35.6 Å². The van der Waals surface area contributed by atoms with Gasteiger partial charge >= 0.3 is 5.97 Å². The van der Waals surface area contributed by atoms with Gasteiger partial charge in [0.15, 0.2) is 5.69 Å². The summed E-state index contributed by atoms with van der Waals surface area (Å²) in [4.78, 5) is 18.3. The molecule has 0 aliphatic carbocycles. The lowest BCUT2D eigenvalue weighted by atomic mass is 9.96. The van der Waals surface area contributed by atoms with Crippen LogP contribution >= 0.6 is 0 Å². The van der Waals surface area contributed by atoms with Gasteiger partial charge in [-0.25, -0.2) is 18.6 Å². The average Bonchev–Trinajstić information content (AvgIpc) is 2.83. The highest BCUT2D eigenvalue weighted by Crippen LogP contribution is 2.34. The third-order valence-electron chi connectivity index (χ3n) is 5.80. The molecule has 0 bridgehead atoms. The summed E-state index contributed by atoms with van der Waals surface area (Å²) in [5.41, 5.74) is 2.70. The van der Waals surface area contributed by atoms with Crippen LogP contribution in [0.2, 0.25) is 0 Å². The van der Waals surface area contributed by atoms with Crippen molar-refractivity contribution < 1.29 is 23.4 Å². The maximum atomic E-state index is 13.8. The lowest BCUT2D eigenvalue weighted by Crippen LogP contribution is -2.36. The molecule has 1 fully saturated rings. The summed E-state index contributed by atoms with van der Waals surface area (Å²) in [6, 6.07) is 14.8. The molecule has 0 radical (unpaired) electrons. The van der Waals surface area contributed by atoms with Gasteiger partial charge < -0.3 is 25.5 Å². The summed E-state index contributed by atoms with van der Waals surface area (Å²) in [6.07, 6.45) is 0. The number of aromatic carboxylic acids is 1. The molecule has 1 aliphatic heterocycles. The fourth-order valence-electron chi connectivity index (χ4n) is 4.03. The van der Waals surface area contributed by atoms with Crippen molar-refractivity contribution in [3.8, 4) is 11.1 Å². The summed E-state index contributed by atoms with van der Waals surface area (Å²) in [5.74, 6) is -4.16. The molecule has 0 spiro atoms. The summed E-state index contributed by atoms with van der Waals surface area (Å²) in [6.45, 7) is 5.27. The third-order valence-corrected chi connectivity index (χ3v) is 5.80. The number of ether oxygens (including phenoxy) is 1. The number of hydrogen-bond donors (Lipinski definition) is 3. The van der Waals surface area contributed by atoms with Crippen molar-refractivity contribution >= 4 is 28.9 Å². The number of morpholine rings is 1. The van der Waals surface area contributed by atoms with Gasteiger partial charge in [-0.15, -0.1) is 0 Å². The first-order valence-electron chi connectivity index (χ1n) is 11.2. The standard InChI is InChI=1S/C26H26F2N4O3/c1-16(29)23-21(17-6-8-20(9-7-17)32-10-12-35-13-11-32)15-22(25(33)34)31-24(23)30-19-5-3-4-18(14-19)26(2,27)28/h3-9,14-15,29H,10-13H2,1-2H3,(H,30,31)(H,33,34). The molecule has 0 unspecified atom stereocenters. The molecule has 4 rings (SSSR count). The second-order valence-corrected chi connectivity index (χ2v) is 8.45. The van der Waals surface area contributed by atoms with Crippen LogP contribution in [0.25, 0.3) is 11.1 Å². The molecule has 9 heteroatoms. The van der Waals surface area contributed by atoms with Gasteiger partial charge in [0.25, 0.3) is 5.92 Å². The summed E-state index contributed by atoms with van der Waals surface area (Å²) >= 11 is 0. The predicted molar refractivity (Wildman–Crippen MR) is 131 cm³/mol. The molecule has 7 nitrogen and oxygen atoms in total. The molecule has 0 saturated carbocycles. The van der Waals surface area contributed by atoms with Gasteiger partial charge in [0.2, 0.25) is 0 Å². The van der Waals surface area contributed by atoms with E-state index in [1.807, 2.05) is 24.3 Å². The topological polar surface area (TPSA) is 98.5 Å². The minimum absolute atomic E-state index is 0.112. The minimum atomic E-state index is -3.04. The smallest absolute Gasteiger partial charge is 0.354 e. The maximum Gasteiger partial charge on any atom is 0.354 e. The quantitative estimate of drug-likeness (QED) is 0.385. The zero-order chi connectivity index (χ0) is 25.2. The monoisotopic (exact) mass is 480 g/mol. The molecule has 3 N–H and O–H groups in total. The predicted octanol–water partition coefficient (Wildman–Crippen LogP) is 5.53. The molecule has 182 valence electrons. The number of hydrogen-bond acceptors (Lipinski definition) is 6. The van der Waals surface area contributed by atoms with Crippen LogP contribution < -0.4 is 10.2 Å². The van der Waals surface area contributed by atoms with Gasteiger partial charge in [-0.05, 0) is 48.4 Å². The maximum absolute atomic E-state index is 13.8. The second kappa shape index (κ2) is 9.79. The van der Waals surface area contributed by atoms with Crippen molar-refractivity contribution in [2.75, 3.05) is 36.5 Å². The Morgan fingerprint density at radius 1 is 1.14 bits per heavy atom. The van der Waals surface area contributed by atoms with E-state index in [-0.39, 0.29) is 22.8 Å². The van der Waals surface area contributed by atoms with Crippen LogP contribution in [-0.2, 0) is 10.7 Å². The van der Waals surface area contributed by atoms with E-state index in [1.165, 1.54) is 24.3 Å². The summed E-state index contributed by atoms with van der Waals surface area (Å²) in [5, 5.41) is 21.0. The molecule has 35 heavy (non-hydrogen) atoms. The van der Waals surface area contributed by atoms with Crippen molar-refractivity contribution in [3.63, 3.8) is 0 Å². The van der Waals surface area contributed by atoms with Gasteiger partial charge in [-0.1, -0.05) is 24.3 Å². The van der Waals surface area contributed by atoms with Crippen LogP contribution in [0.1, 0.15) is 35.5 Å². The van der Waals surface area contributed by atoms with E-state index < -0.39 is 11.9 Å². The number of carboxylic acids is 1. The van der Waals surface area contributed by atoms with Gasteiger partial charge in [-0.3, -0.25) is 0 Å². The normalized spacial score (nSPS) is 14.0. The van der Waals surface area contributed by atoms with Crippen LogP contribution in [-0.4, -0.2) is 48.1 Å². The largest absolute Gasteiger partial charge is 0.477 e. The highest BCUT2D eigenvalue weighted by atomic mass is 19.3. The molecular weight excluding hydrogens is 454 g/mol. The van der Waals surface area contributed by atoms with Crippen molar-refractivity contribution in [2.24, 2.45) is 0 Å². The lowest BCUT2D eigenvalue weighted by molar-refractivity contribution is 0.0175. The fourth-order valence-corrected chi connectivity index (χ4v) is 4.03. The van der Waals surface area contributed by atoms with E-state index >= 15 is 0 Å². The van der Waals surface area contributed by atoms with Gasteiger partial charge in [-0.2, -0.15) is 0 Å². The Labute approximate surface area is 201 Å². The van der Waals surface area contributed by atoms with Crippen LogP contribution in [0.3, 0.4) is 0 Å². The number of carboxylic acid groups (broad SMARTS) is 1. The molecule has 0 amide bonds. The molecule has 0 atom stereocenters. The van der Waals surface area contributed by atoms with Crippen molar-refractivity contribution in [2.45, 2.75) is 19.8 Å². The third kappa shape index (κ3) is 5.46. The Balaban J connectivity index is 1.78. The SMILES string of the molecule is CC(=N)c1c(-c2ccc(N3CCOCC3)cc2)cc(C(=O)O)nc1Nc1cccc(C(C)(F)F)c1. The molecule has 1 aromatic heterocycles. The lowest BCUT2D eigenvalue weighted by Gasteiger charge is -2.29. The summed E-state index contributed by atoms with van der Waals surface area (Å²) in [7, 11) is 0. The van der Waals surface area contributed by atoms with Crippen LogP contribution in [0.5, 0.6) is 0 Å². The van der Waals surface area contributed by atoms with E-state index in [1.54, 1.807) is 13.0 Å². The van der Waals surface area contributed by atoms with E-state index in [4.69, 9.17) is 10.1 Å². The van der Waals surface area contributed by atoms with Crippen molar-refractivity contribution in [1.29, 1.82) is 5.41 Å². The Morgan fingerprint density at radius 2 is 1.83 bits per heavy atom. The number of pyridine rings is 1. The average molecular weight is 481 g/mol. The second-order valence-electron chi connectivity index (χ2n) is 8.45. The van der Waals surface area contributed by atoms with Gasteiger partial charge in [0, 0.05) is 48.2 Å². The first kappa shape index (κ1) is 24.3. The minimum Gasteiger partial charge on any atom is -0.477 e. The number of nitrogens with zero attached hydrogens (tertiary/aromatic N) is 2. The van der Waals surface area contributed by atoms with Crippen molar-refractivity contribution in [1.82, 2.24) is 4.98 Å². The van der Waals surface area contributed by atoms with Crippen LogP contribution in [0.4, 0.5) is 26.0 Å². The van der Waals surface area contributed by atoms with E-state index in [0.717, 1.165) is 25.7 Å². The number of nitrogens with one attached hydrogen (secondary N) is 2.